The Morgan fingerprint density at radius 2 is 1.48 bits per heavy atom. The lowest BCUT2D eigenvalue weighted by atomic mass is 10.1. The van der Waals surface area contributed by atoms with Crippen molar-refractivity contribution < 1.29 is 18.9 Å². The third-order valence-corrected chi connectivity index (χ3v) is 4.09. The van der Waals surface area contributed by atoms with Gasteiger partial charge in [0.1, 0.15) is 0 Å². The van der Waals surface area contributed by atoms with E-state index in [4.69, 9.17) is 18.9 Å². The summed E-state index contributed by atoms with van der Waals surface area (Å²) in [5, 5.41) is 0. The van der Waals surface area contributed by atoms with Gasteiger partial charge in [0.15, 0.2) is 11.5 Å². The highest BCUT2D eigenvalue weighted by Gasteiger charge is 2.12. The summed E-state index contributed by atoms with van der Waals surface area (Å²) in [6.45, 7) is 2.71. The van der Waals surface area contributed by atoms with E-state index in [1.807, 2.05) is 18.2 Å². The Morgan fingerprint density at radius 3 is 2.22 bits per heavy atom. The molecule has 1 heterocycles. The standard InChI is InChI=1S/C19H30O4/c1-20-12-8-6-4-2-3-5-7-9-13-21-15-17-10-11-18-19(14-17)23-16-22-18/h10-11,14H,2-9,12-13,15-16H2,1H3. The fraction of sp³-hybridized carbons (Fsp3) is 0.684. The van der Waals surface area contributed by atoms with E-state index in [0.717, 1.165) is 36.7 Å². The highest BCUT2D eigenvalue weighted by molar-refractivity contribution is 5.44. The summed E-state index contributed by atoms with van der Waals surface area (Å²) in [5.41, 5.74) is 1.14. The normalized spacial score (nSPS) is 12.7. The van der Waals surface area contributed by atoms with Crippen molar-refractivity contribution in [1.29, 1.82) is 0 Å². The molecule has 4 heteroatoms. The van der Waals surface area contributed by atoms with Crippen LogP contribution in [0.25, 0.3) is 0 Å². The third-order valence-electron chi connectivity index (χ3n) is 4.09. The van der Waals surface area contributed by atoms with Gasteiger partial charge in [0.25, 0.3) is 0 Å². The Balaban J connectivity index is 1.40. The molecule has 0 N–H and O–H groups in total. The molecule has 1 aliphatic rings. The molecule has 130 valence electrons. The van der Waals surface area contributed by atoms with Crippen LogP contribution in [0.1, 0.15) is 56.9 Å². The molecule has 0 aromatic heterocycles. The second kappa shape index (κ2) is 11.3. The predicted molar refractivity (Wildman–Crippen MR) is 91.0 cm³/mol. The summed E-state index contributed by atoms with van der Waals surface area (Å²) < 4.78 is 21.5. The van der Waals surface area contributed by atoms with Crippen molar-refractivity contribution in [3.63, 3.8) is 0 Å². The first-order chi connectivity index (χ1) is 11.4. The van der Waals surface area contributed by atoms with Crippen molar-refractivity contribution in [2.24, 2.45) is 0 Å². The van der Waals surface area contributed by atoms with Gasteiger partial charge in [-0.1, -0.05) is 44.6 Å². The maximum Gasteiger partial charge on any atom is 0.231 e. The SMILES string of the molecule is COCCCCCCCCCCOCc1ccc2c(c1)OCO2. The van der Waals surface area contributed by atoms with Gasteiger partial charge in [-0.2, -0.15) is 0 Å². The molecule has 0 saturated heterocycles. The minimum absolute atomic E-state index is 0.325. The van der Waals surface area contributed by atoms with Crippen molar-refractivity contribution in [1.82, 2.24) is 0 Å². The van der Waals surface area contributed by atoms with Gasteiger partial charge in [-0.25, -0.2) is 0 Å². The summed E-state index contributed by atoms with van der Waals surface area (Å²) in [6.07, 6.45) is 10.3. The number of rotatable bonds is 13. The summed E-state index contributed by atoms with van der Waals surface area (Å²) in [7, 11) is 1.77. The fourth-order valence-electron chi connectivity index (χ4n) is 2.73. The predicted octanol–water partition coefficient (Wildman–Crippen LogP) is 4.70. The Morgan fingerprint density at radius 1 is 0.826 bits per heavy atom. The molecule has 1 aromatic rings. The van der Waals surface area contributed by atoms with E-state index in [9.17, 15) is 0 Å². The van der Waals surface area contributed by atoms with E-state index >= 15 is 0 Å². The highest BCUT2D eigenvalue weighted by atomic mass is 16.7. The quantitative estimate of drug-likeness (QED) is 0.493. The Bertz CT molecular complexity index is 433. The lowest BCUT2D eigenvalue weighted by molar-refractivity contribution is 0.116. The second-order valence-electron chi connectivity index (χ2n) is 6.06. The van der Waals surface area contributed by atoms with Gasteiger partial charge in [0.2, 0.25) is 6.79 Å². The molecule has 2 rings (SSSR count). The number of hydrogen-bond acceptors (Lipinski definition) is 4. The molecule has 0 spiro atoms. The minimum Gasteiger partial charge on any atom is -0.454 e. The van der Waals surface area contributed by atoms with Crippen LogP contribution < -0.4 is 9.47 Å². The van der Waals surface area contributed by atoms with Crippen molar-refractivity contribution >= 4 is 0 Å². The van der Waals surface area contributed by atoms with E-state index < -0.39 is 0 Å². The van der Waals surface area contributed by atoms with Crippen LogP contribution in [-0.4, -0.2) is 27.1 Å². The van der Waals surface area contributed by atoms with Crippen LogP contribution in [0, 0.1) is 0 Å². The number of unbranched alkanes of at least 4 members (excludes halogenated alkanes) is 7. The summed E-state index contributed by atoms with van der Waals surface area (Å²) in [6, 6.07) is 6.00. The molecule has 0 saturated carbocycles. The van der Waals surface area contributed by atoms with Gasteiger partial charge < -0.3 is 18.9 Å². The molecular formula is C19H30O4. The van der Waals surface area contributed by atoms with E-state index in [1.54, 1.807) is 7.11 Å². The fourth-order valence-corrected chi connectivity index (χ4v) is 2.73. The van der Waals surface area contributed by atoms with Crippen LogP contribution in [-0.2, 0) is 16.1 Å². The van der Waals surface area contributed by atoms with Gasteiger partial charge in [-0.15, -0.1) is 0 Å². The van der Waals surface area contributed by atoms with Gasteiger partial charge in [0.05, 0.1) is 6.61 Å². The van der Waals surface area contributed by atoms with E-state index in [0.29, 0.717) is 13.4 Å². The zero-order chi connectivity index (χ0) is 16.2. The smallest absolute Gasteiger partial charge is 0.231 e. The number of benzene rings is 1. The number of hydrogen-bond donors (Lipinski definition) is 0. The van der Waals surface area contributed by atoms with Crippen molar-refractivity contribution in [2.45, 2.75) is 58.0 Å². The molecule has 0 fully saturated rings. The molecule has 0 unspecified atom stereocenters. The van der Waals surface area contributed by atoms with Crippen molar-refractivity contribution in [2.75, 3.05) is 27.1 Å². The van der Waals surface area contributed by atoms with Gasteiger partial charge >= 0.3 is 0 Å². The molecular weight excluding hydrogens is 292 g/mol. The zero-order valence-electron chi connectivity index (χ0n) is 14.4. The monoisotopic (exact) mass is 322 g/mol. The molecule has 23 heavy (non-hydrogen) atoms. The average Bonchev–Trinajstić information content (AvgIpc) is 3.03. The molecule has 1 aliphatic heterocycles. The largest absolute Gasteiger partial charge is 0.454 e. The first-order valence-corrected chi connectivity index (χ1v) is 8.85. The molecule has 1 aromatic carbocycles. The molecule has 0 bridgehead atoms. The van der Waals surface area contributed by atoms with Crippen LogP contribution in [0.5, 0.6) is 11.5 Å². The van der Waals surface area contributed by atoms with Gasteiger partial charge in [-0.3, -0.25) is 0 Å². The lowest BCUT2D eigenvalue weighted by Gasteiger charge is -2.06. The van der Waals surface area contributed by atoms with Crippen molar-refractivity contribution in [3.05, 3.63) is 23.8 Å². The van der Waals surface area contributed by atoms with E-state index in [2.05, 4.69) is 0 Å². The summed E-state index contributed by atoms with van der Waals surface area (Å²) >= 11 is 0. The molecule has 0 radical (unpaired) electrons. The average molecular weight is 322 g/mol. The lowest BCUT2D eigenvalue weighted by Crippen LogP contribution is -1.96. The summed E-state index contributed by atoms with van der Waals surface area (Å²) in [4.78, 5) is 0. The molecule has 0 aliphatic carbocycles. The first kappa shape index (κ1) is 18.1. The maximum atomic E-state index is 5.74. The van der Waals surface area contributed by atoms with Gasteiger partial charge in [-0.05, 0) is 30.5 Å². The molecule has 0 atom stereocenters. The summed E-state index contributed by atoms with van der Waals surface area (Å²) in [5.74, 6) is 1.66. The van der Waals surface area contributed by atoms with Crippen LogP contribution in [0.2, 0.25) is 0 Å². The minimum atomic E-state index is 0.325. The number of ether oxygens (including phenoxy) is 4. The van der Waals surface area contributed by atoms with Crippen LogP contribution in [0.3, 0.4) is 0 Å². The second-order valence-corrected chi connectivity index (χ2v) is 6.06. The highest BCUT2D eigenvalue weighted by Crippen LogP contribution is 2.32. The first-order valence-electron chi connectivity index (χ1n) is 8.85. The number of fused-ring (bicyclic) bond motifs is 1. The molecule has 0 amide bonds. The Labute approximate surface area is 140 Å². The topological polar surface area (TPSA) is 36.9 Å². The Hall–Kier alpha value is -1.26. The van der Waals surface area contributed by atoms with Crippen LogP contribution in [0.4, 0.5) is 0 Å². The van der Waals surface area contributed by atoms with Crippen LogP contribution >= 0.6 is 0 Å². The number of methoxy groups -OCH3 is 1. The van der Waals surface area contributed by atoms with E-state index in [1.165, 1.54) is 44.9 Å². The molecule has 4 nitrogen and oxygen atoms in total. The zero-order valence-corrected chi connectivity index (χ0v) is 14.4. The van der Waals surface area contributed by atoms with E-state index in [-0.39, 0.29) is 0 Å². The van der Waals surface area contributed by atoms with Crippen molar-refractivity contribution in [3.8, 4) is 11.5 Å². The Kier molecular flexibility index (Phi) is 8.89. The third kappa shape index (κ3) is 7.23. The maximum absolute atomic E-state index is 5.74. The van der Waals surface area contributed by atoms with Gasteiger partial charge in [0, 0.05) is 20.3 Å². The van der Waals surface area contributed by atoms with Crippen LogP contribution in [0.15, 0.2) is 18.2 Å².